The van der Waals surface area contributed by atoms with Gasteiger partial charge < -0.3 is 5.32 Å². The minimum atomic E-state index is 0.602. The summed E-state index contributed by atoms with van der Waals surface area (Å²) in [7, 11) is 2.15. The van der Waals surface area contributed by atoms with Gasteiger partial charge in [-0.2, -0.15) is 0 Å². The summed E-state index contributed by atoms with van der Waals surface area (Å²) in [5, 5.41) is 3.63. The highest BCUT2D eigenvalue weighted by Gasteiger charge is 2.66. The van der Waals surface area contributed by atoms with Crippen LogP contribution < -0.4 is 5.32 Å². The van der Waals surface area contributed by atoms with E-state index in [-0.39, 0.29) is 0 Å². The van der Waals surface area contributed by atoms with Gasteiger partial charge in [-0.15, -0.1) is 0 Å². The third-order valence-corrected chi connectivity index (χ3v) is 6.21. The first kappa shape index (κ1) is 12.0. The fourth-order valence-electron chi connectivity index (χ4n) is 5.43. The van der Waals surface area contributed by atoms with E-state index in [1.807, 2.05) is 0 Å². The Balaban J connectivity index is 1.59. The molecule has 0 spiro atoms. The number of nitrogens with one attached hydrogen (secondary N) is 1. The van der Waals surface area contributed by atoms with Gasteiger partial charge in [0.15, 0.2) is 0 Å². The fourth-order valence-corrected chi connectivity index (χ4v) is 5.43. The van der Waals surface area contributed by atoms with Crippen LogP contribution in [0.4, 0.5) is 0 Å². The van der Waals surface area contributed by atoms with E-state index in [0.29, 0.717) is 6.04 Å². The third-order valence-electron chi connectivity index (χ3n) is 6.21. The van der Waals surface area contributed by atoms with Crippen molar-refractivity contribution in [2.24, 2.45) is 29.6 Å². The molecule has 0 aromatic heterocycles. The number of benzene rings is 1. The second kappa shape index (κ2) is 4.34. The molecule has 0 heterocycles. The number of rotatable bonds is 4. The number of aryl methyl sites for hydroxylation is 1. The molecule has 1 heteroatoms. The van der Waals surface area contributed by atoms with E-state index < -0.39 is 0 Å². The van der Waals surface area contributed by atoms with Crippen molar-refractivity contribution in [2.75, 3.05) is 7.05 Å². The zero-order valence-corrected chi connectivity index (χ0v) is 12.1. The molecule has 4 rings (SSSR count). The number of hydrogen-bond acceptors (Lipinski definition) is 1. The summed E-state index contributed by atoms with van der Waals surface area (Å²) in [5.41, 5.74) is 3.01. The summed E-state index contributed by atoms with van der Waals surface area (Å²) in [5.74, 6) is 5.20. The Morgan fingerprint density at radius 1 is 1.21 bits per heavy atom. The first-order chi connectivity index (χ1) is 9.33. The second-order valence-electron chi connectivity index (χ2n) is 6.93. The van der Waals surface area contributed by atoms with E-state index >= 15 is 0 Å². The van der Waals surface area contributed by atoms with Gasteiger partial charge in [0, 0.05) is 6.04 Å². The van der Waals surface area contributed by atoms with Gasteiger partial charge in [0.05, 0.1) is 0 Å². The van der Waals surface area contributed by atoms with Gasteiger partial charge >= 0.3 is 0 Å². The smallest absolute Gasteiger partial charge is 0.0351 e. The van der Waals surface area contributed by atoms with Crippen LogP contribution in [-0.2, 0) is 6.42 Å². The topological polar surface area (TPSA) is 12.0 Å². The molecule has 0 radical (unpaired) electrons. The largest absolute Gasteiger partial charge is 0.313 e. The van der Waals surface area contributed by atoms with Crippen molar-refractivity contribution in [1.82, 2.24) is 5.32 Å². The molecule has 102 valence electrons. The summed E-state index contributed by atoms with van der Waals surface area (Å²) in [6, 6.07) is 9.86. The fraction of sp³-hybridized carbons (Fsp3) is 0.667. The van der Waals surface area contributed by atoms with Crippen LogP contribution in [0.25, 0.3) is 0 Å². The molecule has 1 aromatic rings. The average molecular weight is 255 g/mol. The molecule has 19 heavy (non-hydrogen) atoms. The molecular weight excluding hydrogens is 230 g/mol. The SMILES string of the molecule is CCc1cccc(C(NC)C2C3C4CCC(C4)C32)c1. The predicted molar refractivity (Wildman–Crippen MR) is 78.9 cm³/mol. The predicted octanol–water partition coefficient (Wildman–Crippen LogP) is 3.80. The highest BCUT2D eigenvalue weighted by atomic mass is 14.9. The van der Waals surface area contributed by atoms with Crippen LogP contribution in [0.15, 0.2) is 24.3 Å². The lowest BCUT2D eigenvalue weighted by Gasteiger charge is -2.21. The highest BCUT2D eigenvalue weighted by Crippen LogP contribution is 2.72. The molecule has 0 saturated heterocycles. The molecular formula is C18H25N. The lowest BCUT2D eigenvalue weighted by Crippen LogP contribution is -2.22. The minimum Gasteiger partial charge on any atom is -0.313 e. The lowest BCUT2D eigenvalue weighted by molar-refractivity contribution is 0.385. The van der Waals surface area contributed by atoms with Crippen molar-refractivity contribution in [3.05, 3.63) is 35.4 Å². The molecule has 0 amide bonds. The number of hydrogen-bond donors (Lipinski definition) is 1. The first-order valence-corrected chi connectivity index (χ1v) is 8.09. The van der Waals surface area contributed by atoms with E-state index in [4.69, 9.17) is 0 Å². The van der Waals surface area contributed by atoms with Gasteiger partial charge in [0.2, 0.25) is 0 Å². The normalized spacial score (nSPS) is 40.2. The Bertz CT molecular complexity index is 464. The van der Waals surface area contributed by atoms with Crippen LogP contribution in [0, 0.1) is 29.6 Å². The maximum atomic E-state index is 3.63. The molecule has 5 unspecified atom stereocenters. The summed E-state index contributed by atoms with van der Waals surface area (Å²) in [4.78, 5) is 0. The molecule has 1 N–H and O–H groups in total. The van der Waals surface area contributed by atoms with Crippen molar-refractivity contribution in [3.8, 4) is 0 Å². The Hall–Kier alpha value is -0.820. The molecule has 3 fully saturated rings. The van der Waals surface area contributed by atoms with Crippen molar-refractivity contribution >= 4 is 0 Å². The van der Waals surface area contributed by atoms with Crippen molar-refractivity contribution in [3.63, 3.8) is 0 Å². The van der Waals surface area contributed by atoms with E-state index in [1.165, 1.54) is 24.0 Å². The maximum absolute atomic E-state index is 3.63. The van der Waals surface area contributed by atoms with Gasteiger partial charge in [0.25, 0.3) is 0 Å². The Kier molecular flexibility index (Phi) is 2.73. The Morgan fingerprint density at radius 2 is 1.95 bits per heavy atom. The molecule has 0 aliphatic heterocycles. The molecule has 1 aromatic carbocycles. The number of fused-ring (bicyclic) bond motifs is 5. The quantitative estimate of drug-likeness (QED) is 0.863. The third kappa shape index (κ3) is 1.71. The highest BCUT2D eigenvalue weighted by molar-refractivity contribution is 5.30. The Labute approximate surface area is 116 Å². The van der Waals surface area contributed by atoms with E-state index in [2.05, 4.69) is 43.6 Å². The van der Waals surface area contributed by atoms with Crippen LogP contribution in [0.3, 0.4) is 0 Å². The monoisotopic (exact) mass is 255 g/mol. The zero-order chi connectivity index (χ0) is 13.0. The van der Waals surface area contributed by atoms with E-state index in [0.717, 1.165) is 36.0 Å². The molecule has 5 atom stereocenters. The molecule has 1 nitrogen and oxygen atoms in total. The van der Waals surface area contributed by atoms with E-state index in [1.54, 1.807) is 6.42 Å². The van der Waals surface area contributed by atoms with Gasteiger partial charge in [-0.25, -0.2) is 0 Å². The molecule has 3 saturated carbocycles. The molecule has 3 aliphatic carbocycles. The van der Waals surface area contributed by atoms with Gasteiger partial charge in [-0.05, 0) is 73.4 Å². The van der Waals surface area contributed by atoms with Crippen LogP contribution in [0.5, 0.6) is 0 Å². The zero-order valence-electron chi connectivity index (χ0n) is 12.1. The van der Waals surface area contributed by atoms with Crippen molar-refractivity contribution in [1.29, 1.82) is 0 Å². The molecule has 2 bridgehead atoms. The van der Waals surface area contributed by atoms with Crippen molar-refractivity contribution in [2.45, 2.75) is 38.6 Å². The van der Waals surface area contributed by atoms with Gasteiger partial charge in [0.1, 0.15) is 0 Å². The van der Waals surface area contributed by atoms with Crippen LogP contribution >= 0.6 is 0 Å². The van der Waals surface area contributed by atoms with E-state index in [9.17, 15) is 0 Å². The van der Waals surface area contributed by atoms with Gasteiger partial charge in [-0.3, -0.25) is 0 Å². The summed E-state index contributed by atoms with van der Waals surface area (Å²) >= 11 is 0. The molecule has 3 aliphatic rings. The summed E-state index contributed by atoms with van der Waals surface area (Å²) in [6.45, 7) is 2.25. The second-order valence-corrected chi connectivity index (χ2v) is 6.93. The standard InChI is InChI=1S/C18H25N/c1-3-11-5-4-6-14(9-11)18(19-2)17-15-12-7-8-13(10-12)16(15)17/h4-6,9,12-13,15-19H,3,7-8,10H2,1-2H3. The van der Waals surface area contributed by atoms with Crippen molar-refractivity contribution < 1.29 is 0 Å². The van der Waals surface area contributed by atoms with Gasteiger partial charge in [-0.1, -0.05) is 31.2 Å². The van der Waals surface area contributed by atoms with Crippen LogP contribution in [-0.4, -0.2) is 7.05 Å². The minimum absolute atomic E-state index is 0.602. The first-order valence-electron chi connectivity index (χ1n) is 8.09. The summed E-state index contributed by atoms with van der Waals surface area (Å²) < 4.78 is 0. The Morgan fingerprint density at radius 3 is 2.58 bits per heavy atom. The van der Waals surface area contributed by atoms with Crippen LogP contribution in [0.2, 0.25) is 0 Å². The average Bonchev–Trinajstić information content (AvgIpc) is 2.87. The van der Waals surface area contributed by atoms with Crippen LogP contribution in [0.1, 0.15) is 43.4 Å². The maximum Gasteiger partial charge on any atom is 0.0351 e. The summed E-state index contributed by atoms with van der Waals surface area (Å²) in [6.07, 6.45) is 5.74. The lowest BCUT2D eigenvalue weighted by atomic mass is 9.92.